The number of benzene rings is 1. The number of ketones is 1. The molecule has 0 heterocycles. The van der Waals surface area contributed by atoms with Gasteiger partial charge in [0, 0.05) is 6.42 Å². The second-order valence-electron chi connectivity index (χ2n) is 3.38. The van der Waals surface area contributed by atoms with Crippen LogP contribution in [0.15, 0.2) is 30.3 Å². The molecule has 0 N–H and O–H groups in total. The third-order valence-corrected chi connectivity index (χ3v) is 2.05. The summed E-state index contributed by atoms with van der Waals surface area (Å²) in [7, 11) is 1.23. The minimum absolute atomic E-state index is 0.0437. The molecule has 0 saturated heterocycles. The van der Waals surface area contributed by atoms with Gasteiger partial charge in [0.05, 0.1) is 7.11 Å². The number of hydrogen-bond acceptors (Lipinski definition) is 4. The molecule has 0 radical (unpaired) electrons. The van der Waals surface area contributed by atoms with E-state index in [4.69, 9.17) is 4.74 Å². The van der Waals surface area contributed by atoms with Crippen molar-refractivity contribution in [2.45, 2.75) is 19.4 Å². The first kappa shape index (κ1) is 12.2. The van der Waals surface area contributed by atoms with Gasteiger partial charge >= 0.3 is 6.16 Å². The molecule has 0 amide bonds. The molecule has 16 heavy (non-hydrogen) atoms. The van der Waals surface area contributed by atoms with Crippen molar-refractivity contribution in [2.24, 2.45) is 0 Å². The Morgan fingerprint density at radius 1 is 1.25 bits per heavy atom. The number of methoxy groups -OCH3 is 1. The van der Waals surface area contributed by atoms with Crippen LogP contribution in [0, 0.1) is 0 Å². The Morgan fingerprint density at radius 2 is 1.88 bits per heavy atom. The van der Waals surface area contributed by atoms with Crippen molar-refractivity contribution in [1.82, 2.24) is 0 Å². The highest BCUT2D eigenvalue weighted by molar-refractivity contribution is 5.76. The minimum Gasteiger partial charge on any atom is -0.438 e. The monoisotopic (exact) mass is 222 g/mol. The molecule has 0 bridgehead atoms. The predicted molar refractivity (Wildman–Crippen MR) is 58.0 cm³/mol. The number of Topliss-reactive ketones (excluding diaryl/α,β-unsaturated/α-hetero) is 1. The van der Waals surface area contributed by atoms with E-state index >= 15 is 0 Å². The van der Waals surface area contributed by atoms with Crippen LogP contribution in [0.2, 0.25) is 0 Å². The first-order valence-electron chi connectivity index (χ1n) is 4.92. The van der Waals surface area contributed by atoms with Gasteiger partial charge in [0.1, 0.15) is 11.9 Å². The molecule has 1 aromatic carbocycles. The molecule has 0 spiro atoms. The average molecular weight is 222 g/mol. The van der Waals surface area contributed by atoms with Crippen molar-refractivity contribution in [3.05, 3.63) is 35.9 Å². The summed E-state index contributed by atoms with van der Waals surface area (Å²) < 4.78 is 9.43. The van der Waals surface area contributed by atoms with E-state index in [0.717, 1.165) is 5.56 Å². The Morgan fingerprint density at radius 3 is 2.38 bits per heavy atom. The third kappa shape index (κ3) is 3.73. The van der Waals surface area contributed by atoms with Gasteiger partial charge in [-0.1, -0.05) is 30.3 Å². The molecule has 1 unspecified atom stereocenters. The smallest absolute Gasteiger partial charge is 0.438 e. The van der Waals surface area contributed by atoms with Gasteiger partial charge in [0.15, 0.2) is 0 Å². The highest BCUT2D eigenvalue weighted by Crippen LogP contribution is 2.21. The summed E-state index contributed by atoms with van der Waals surface area (Å²) in [6.07, 6.45) is -1.21. The Bertz CT molecular complexity index is 359. The van der Waals surface area contributed by atoms with Gasteiger partial charge in [-0.2, -0.15) is 0 Å². The maximum atomic E-state index is 11.1. The summed E-state index contributed by atoms with van der Waals surface area (Å²) in [5.74, 6) is -0.0437. The Balaban J connectivity index is 2.79. The summed E-state index contributed by atoms with van der Waals surface area (Å²) >= 11 is 0. The van der Waals surface area contributed by atoms with E-state index in [0.29, 0.717) is 0 Å². The van der Waals surface area contributed by atoms with Gasteiger partial charge in [0.2, 0.25) is 0 Å². The van der Waals surface area contributed by atoms with Gasteiger partial charge in [-0.15, -0.1) is 0 Å². The molecule has 86 valence electrons. The molecule has 0 fully saturated rings. The Hall–Kier alpha value is -1.84. The highest BCUT2D eigenvalue weighted by Gasteiger charge is 2.18. The fourth-order valence-corrected chi connectivity index (χ4v) is 1.32. The van der Waals surface area contributed by atoms with E-state index < -0.39 is 12.3 Å². The second kappa shape index (κ2) is 5.90. The number of ether oxygens (including phenoxy) is 2. The molecule has 0 aliphatic carbocycles. The molecule has 1 atom stereocenters. The summed E-state index contributed by atoms with van der Waals surface area (Å²) in [5, 5.41) is 0. The standard InChI is InChI=1S/C12H14O4/c1-9(13)8-11(16-12(14)15-2)10-6-4-3-5-7-10/h3-7,11H,8H2,1-2H3. The Kier molecular flexibility index (Phi) is 4.51. The summed E-state index contributed by atoms with van der Waals surface area (Å²) in [6, 6.07) is 9.10. The zero-order valence-corrected chi connectivity index (χ0v) is 9.30. The van der Waals surface area contributed by atoms with Crippen LogP contribution in [-0.4, -0.2) is 19.0 Å². The summed E-state index contributed by atoms with van der Waals surface area (Å²) in [6.45, 7) is 1.45. The lowest BCUT2D eigenvalue weighted by molar-refractivity contribution is -0.119. The van der Waals surface area contributed by atoms with Crippen LogP contribution in [0.5, 0.6) is 0 Å². The molecule has 0 saturated carbocycles. The Labute approximate surface area is 94.2 Å². The lowest BCUT2D eigenvalue weighted by Gasteiger charge is -2.15. The topological polar surface area (TPSA) is 52.6 Å². The minimum atomic E-state index is -0.782. The van der Waals surface area contributed by atoms with Crippen LogP contribution in [-0.2, 0) is 14.3 Å². The lowest BCUT2D eigenvalue weighted by atomic mass is 10.0. The van der Waals surface area contributed by atoms with Gasteiger partial charge < -0.3 is 9.47 Å². The van der Waals surface area contributed by atoms with Crippen molar-refractivity contribution in [2.75, 3.05) is 7.11 Å². The second-order valence-corrected chi connectivity index (χ2v) is 3.38. The van der Waals surface area contributed by atoms with Gasteiger partial charge in [0.25, 0.3) is 0 Å². The molecule has 0 aliphatic rings. The number of carbonyl (C=O) groups is 2. The molecule has 0 aromatic heterocycles. The van der Waals surface area contributed by atoms with Crippen LogP contribution >= 0.6 is 0 Å². The largest absolute Gasteiger partial charge is 0.508 e. The van der Waals surface area contributed by atoms with Crippen molar-refractivity contribution in [1.29, 1.82) is 0 Å². The normalized spacial score (nSPS) is 11.6. The zero-order valence-electron chi connectivity index (χ0n) is 9.30. The molecule has 4 nitrogen and oxygen atoms in total. The van der Waals surface area contributed by atoms with E-state index in [1.165, 1.54) is 14.0 Å². The maximum Gasteiger partial charge on any atom is 0.508 e. The van der Waals surface area contributed by atoms with Gasteiger partial charge in [-0.3, -0.25) is 4.79 Å². The summed E-state index contributed by atoms with van der Waals surface area (Å²) in [5.41, 5.74) is 0.781. The van der Waals surface area contributed by atoms with Crippen LogP contribution in [0.25, 0.3) is 0 Å². The van der Waals surface area contributed by atoms with E-state index in [2.05, 4.69) is 4.74 Å². The van der Waals surface area contributed by atoms with Crippen LogP contribution in [0.3, 0.4) is 0 Å². The van der Waals surface area contributed by atoms with Crippen molar-refractivity contribution >= 4 is 11.9 Å². The van der Waals surface area contributed by atoms with Crippen LogP contribution < -0.4 is 0 Å². The van der Waals surface area contributed by atoms with Crippen LogP contribution in [0.4, 0.5) is 4.79 Å². The molecule has 1 rings (SSSR count). The lowest BCUT2D eigenvalue weighted by Crippen LogP contribution is -2.14. The zero-order chi connectivity index (χ0) is 12.0. The van der Waals surface area contributed by atoms with Gasteiger partial charge in [-0.25, -0.2) is 4.79 Å². The molecule has 0 aliphatic heterocycles. The van der Waals surface area contributed by atoms with E-state index in [-0.39, 0.29) is 12.2 Å². The molecular formula is C12H14O4. The quantitative estimate of drug-likeness (QED) is 0.734. The first-order valence-corrected chi connectivity index (χ1v) is 4.92. The van der Waals surface area contributed by atoms with Crippen molar-refractivity contribution < 1.29 is 19.1 Å². The predicted octanol–water partition coefficient (Wildman–Crippen LogP) is 2.49. The van der Waals surface area contributed by atoms with Crippen LogP contribution in [0.1, 0.15) is 25.0 Å². The molecular weight excluding hydrogens is 208 g/mol. The maximum absolute atomic E-state index is 11.1. The molecule has 1 aromatic rings. The number of carbonyl (C=O) groups excluding carboxylic acids is 2. The number of hydrogen-bond donors (Lipinski definition) is 0. The number of rotatable bonds is 4. The van der Waals surface area contributed by atoms with Crippen molar-refractivity contribution in [3.63, 3.8) is 0 Å². The first-order chi connectivity index (χ1) is 7.63. The van der Waals surface area contributed by atoms with Gasteiger partial charge in [-0.05, 0) is 12.5 Å². The van der Waals surface area contributed by atoms with Crippen molar-refractivity contribution in [3.8, 4) is 0 Å². The SMILES string of the molecule is COC(=O)OC(CC(C)=O)c1ccccc1. The van der Waals surface area contributed by atoms with E-state index in [1.807, 2.05) is 18.2 Å². The highest BCUT2D eigenvalue weighted by atomic mass is 16.7. The van der Waals surface area contributed by atoms with E-state index in [1.54, 1.807) is 12.1 Å². The fourth-order valence-electron chi connectivity index (χ4n) is 1.32. The average Bonchev–Trinajstić information content (AvgIpc) is 2.28. The third-order valence-electron chi connectivity index (χ3n) is 2.05. The summed E-state index contributed by atoms with van der Waals surface area (Å²) in [4.78, 5) is 22.1. The fraction of sp³-hybridized carbons (Fsp3) is 0.333. The molecule has 4 heteroatoms. The van der Waals surface area contributed by atoms with E-state index in [9.17, 15) is 9.59 Å².